The molecule has 2 saturated heterocycles. The zero-order valence-corrected chi connectivity index (χ0v) is 36.0. The van der Waals surface area contributed by atoms with Crippen LogP contribution in [0, 0.1) is 11.8 Å². The van der Waals surface area contributed by atoms with E-state index in [9.17, 15) is 24.3 Å². The maximum Gasteiger partial charge on any atom is 0.407 e. The smallest absolute Gasteiger partial charge is 0.407 e. The average molecular weight is 845 g/mol. The number of hydrogen-bond acceptors (Lipinski definition) is 10. The molecule has 62 heavy (non-hydrogen) atoms. The van der Waals surface area contributed by atoms with Crippen LogP contribution >= 0.6 is 0 Å². The molecule has 2 aromatic heterocycles. The first-order valence-electron chi connectivity index (χ1n) is 21.9. The van der Waals surface area contributed by atoms with Gasteiger partial charge in [0, 0.05) is 50.6 Å². The number of likely N-dealkylation sites (tertiary alicyclic amines) is 2. The van der Waals surface area contributed by atoms with Crippen molar-refractivity contribution in [2.75, 3.05) is 36.6 Å². The Bertz CT molecular complexity index is 2340. The summed E-state index contributed by atoms with van der Waals surface area (Å²) in [7, 11) is 1.30. The molecule has 4 amide bonds. The zero-order valence-electron chi connectivity index (χ0n) is 36.0. The molecule has 5 aromatic rings. The topological polar surface area (TPSA) is 192 Å². The van der Waals surface area contributed by atoms with Gasteiger partial charge in [0.15, 0.2) is 0 Å². The molecule has 0 radical (unpaired) electrons. The van der Waals surface area contributed by atoms with Gasteiger partial charge < -0.3 is 50.0 Å². The van der Waals surface area contributed by atoms with Gasteiger partial charge in [-0.2, -0.15) is 0 Å². The molecule has 16 heteroatoms. The number of aromatic amines is 2. The molecule has 4 aliphatic rings. The van der Waals surface area contributed by atoms with Crippen LogP contribution in [-0.2, 0) is 45.3 Å². The summed E-state index contributed by atoms with van der Waals surface area (Å²) in [4.78, 5) is 76.8. The van der Waals surface area contributed by atoms with E-state index in [4.69, 9.17) is 14.7 Å². The van der Waals surface area contributed by atoms with Crippen molar-refractivity contribution in [2.45, 2.75) is 104 Å². The quantitative estimate of drug-likeness (QED) is 0.116. The summed E-state index contributed by atoms with van der Waals surface area (Å²) in [6, 6.07) is 15.6. The standard InChI is InChI=1S/C46H56N10O6/c1-25(2)40(51-39(58)24-57)44(59)55-14-6-8-37(55)42-47-33-12-10-31(18-35(33)49-42)53-20-27-16-29-22-54(23-30(29)17-28(27)21-53)32-11-13-34-36(19-32)50-43(48-34)38-9-7-15-56(38)45(60)41(26(3)4)52-46(61)62-5/h10-13,16-19,25-26,37-38,40-41,57H,6-9,14-15,20-24H2,1-5H3,(H,47,49)(H,48,50)(H,51,58)(H,52,61). The Morgan fingerprint density at radius 2 is 1.13 bits per heavy atom. The summed E-state index contributed by atoms with van der Waals surface area (Å²) in [6.45, 7) is 11.4. The number of rotatable bonds is 11. The van der Waals surface area contributed by atoms with Crippen molar-refractivity contribution in [2.24, 2.45) is 11.8 Å². The number of nitrogens with zero attached hydrogens (tertiary/aromatic N) is 6. The molecule has 9 rings (SSSR count). The number of hydrogen-bond donors (Lipinski definition) is 5. The van der Waals surface area contributed by atoms with Crippen molar-refractivity contribution in [1.82, 2.24) is 40.4 Å². The first-order valence-corrected chi connectivity index (χ1v) is 21.9. The van der Waals surface area contributed by atoms with E-state index < -0.39 is 30.7 Å². The molecule has 2 fully saturated rings. The number of fused-ring (bicyclic) bond motifs is 4. The lowest BCUT2D eigenvalue weighted by molar-refractivity contribution is -0.139. The summed E-state index contributed by atoms with van der Waals surface area (Å²) in [5.41, 5.74) is 11.1. The predicted molar refractivity (Wildman–Crippen MR) is 234 cm³/mol. The molecule has 0 saturated carbocycles. The summed E-state index contributed by atoms with van der Waals surface area (Å²) in [6.07, 6.45) is 2.66. The molecule has 4 aliphatic heterocycles. The normalized spacial score (nSPS) is 19.5. The maximum atomic E-state index is 13.7. The van der Waals surface area contributed by atoms with Crippen LogP contribution in [0.1, 0.15) is 99.4 Å². The highest BCUT2D eigenvalue weighted by molar-refractivity contribution is 5.89. The highest BCUT2D eigenvalue weighted by Gasteiger charge is 2.39. The van der Waals surface area contributed by atoms with Crippen LogP contribution in [0.2, 0.25) is 0 Å². The molecule has 4 atom stereocenters. The third kappa shape index (κ3) is 7.69. The Morgan fingerprint density at radius 3 is 1.53 bits per heavy atom. The van der Waals surface area contributed by atoms with Gasteiger partial charge in [-0.05, 0) is 96.2 Å². The second-order valence-corrected chi connectivity index (χ2v) is 17.9. The number of imidazole rings is 2. The zero-order chi connectivity index (χ0) is 43.4. The molecular weight excluding hydrogens is 789 g/mol. The van der Waals surface area contributed by atoms with Gasteiger partial charge in [-0.3, -0.25) is 14.4 Å². The number of H-pyrrole nitrogens is 2. The number of methoxy groups -OCH3 is 1. The highest BCUT2D eigenvalue weighted by atomic mass is 16.5. The highest BCUT2D eigenvalue weighted by Crippen LogP contribution is 2.39. The van der Waals surface area contributed by atoms with Crippen molar-refractivity contribution in [3.63, 3.8) is 0 Å². The number of ether oxygens (including phenoxy) is 1. The van der Waals surface area contributed by atoms with Crippen LogP contribution in [-0.4, -0.2) is 97.5 Å². The lowest BCUT2D eigenvalue weighted by Gasteiger charge is -2.30. The van der Waals surface area contributed by atoms with E-state index in [1.54, 1.807) is 0 Å². The summed E-state index contributed by atoms with van der Waals surface area (Å²) in [5, 5.41) is 14.7. The van der Waals surface area contributed by atoms with Gasteiger partial charge in [0.25, 0.3) is 0 Å². The molecule has 0 aliphatic carbocycles. The minimum Gasteiger partial charge on any atom is -0.453 e. The van der Waals surface area contributed by atoms with Crippen molar-refractivity contribution >= 4 is 57.3 Å². The second kappa shape index (κ2) is 16.6. The van der Waals surface area contributed by atoms with Gasteiger partial charge in [0.05, 0.1) is 41.3 Å². The number of aliphatic hydroxyl groups excluding tert-OH is 1. The Kier molecular flexibility index (Phi) is 11.0. The van der Waals surface area contributed by atoms with E-state index in [0.717, 1.165) is 97.0 Å². The van der Waals surface area contributed by atoms with Crippen molar-refractivity contribution < 1.29 is 29.0 Å². The van der Waals surface area contributed by atoms with Crippen LogP contribution in [0.4, 0.5) is 16.2 Å². The lowest BCUT2D eigenvalue weighted by atomic mass is 10.0. The molecule has 4 unspecified atom stereocenters. The van der Waals surface area contributed by atoms with Gasteiger partial charge in [0.1, 0.15) is 30.3 Å². The largest absolute Gasteiger partial charge is 0.453 e. The fourth-order valence-corrected chi connectivity index (χ4v) is 9.84. The monoisotopic (exact) mass is 844 g/mol. The average Bonchev–Trinajstić information content (AvgIpc) is 4.12. The number of benzene rings is 3. The summed E-state index contributed by atoms with van der Waals surface area (Å²) >= 11 is 0. The number of anilines is 2. The van der Waals surface area contributed by atoms with Crippen molar-refractivity contribution in [1.29, 1.82) is 0 Å². The third-order valence-electron chi connectivity index (χ3n) is 13.2. The maximum absolute atomic E-state index is 13.7. The molecule has 0 spiro atoms. The van der Waals surface area contributed by atoms with Gasteiger partial charge in [-0.15, -0.1) is 0 Å². The SMILES string of the molecule is COC(=O)NC(C(=O)N1CCCC1c1nc2ccc(N3Cc4cc5c(cc4C3)CN(c3ccc4nc(C6CCCN6C(=O)C(NC(=O)CO)C(C)C)[nH]c4c3)C5)cc2[nH]1)C(C)C. The number of aliphatic hydroxyl groups is 1. The molecule has 6 heterocycles. The number of alkyl carbamates (subject to hydrolysis) is 1. The Balaban J connectivity index is 0.861. The number of carbonyl (C=O) groups is 4. The number of carbonyl (C=O) groups excluding carboxylic acids is 4. The van der Waals surface area contributed by atoms with Gasteiger partial charge in [-0.25, -0.2) is 14.8 Å². The van der Waals surface area contributed by atoms with E-state index >= 15 is 0 Å². The molecule has 0 bridgehead atoms. The van der Waals surface area contributed by atoms with E-state index in [1.807, 2.05) is 43.6 Å². The lowest BCUT2D eigenvalue weighted by Crippen LogP contribution is -2.51. The van der Waals surface area contributed by atoms with E-state index in [1.165, 1.54) is 29.4 Å². The fraction of sp³-hybridized carbons (Fsp3) is 0.478. The number of amides is 4. The number of aromatic nitrogens is 4. The Hall–Kier alpha value is -6.16. The van der Waals surface area contributed by atoms with Gasteiger partial charge >= 0.3 is 6.09 Å². The van der Waals surface area contributed by atoms with Crippen LogP contribution in [0.15, 0.2) is 48.5 Å². The minimum absolute atomic E-state index is 0.102. The van der Waals surface area contributed by atoms with Gasteiger partial charge in [0.2, 0.25) is 17.7 Å². The summed E-state index contributed by atoms with van der Waals surface area (Å²) in [5.74, 6) is 0.437. The fourth-order valence-electron chi connectivity index (χ4n) is 9.84. The van der Waals surface area contributed by atoms with Crippen LogP contribution in [0.5, 0.6) is 0 Å². The first kappa shape index (κ1) is 41.2. The van der Waals surface area contributed by atoms with Crippen LogP contribution in [0.3, 0.4) is 0 Å². The molecule has 5 N–H and O–H groups in total. The number of nitrogens with one attached hydrogen (secondary N) is 4. The first-order chi connectivity index (χ1) is 29.9. The molecular formula is C46H56N10O6. The van der Waals surface area contributed by atoms with E-state index in [-0.39, 0.29) is 35.7 Å². The predicted octanol–water partition coefficient (Wildman–Crippen LogP) is 5.32. The van der Waals surface area contributed by atoms with Crippen LogP contribution in [0.25, 0.3) is 22.1 Å². The van der Waals surface area contributed by atoms with E-state index in [0.29, 0.717) is 13.1 Å². The molecule has 326 valence electrons. The minimum atomic E-state index is -0.717. The van der Waals surface area contributed by atoms with Crippen molar-refractivity contribution in [3.8, 4) is 0 Å². The van der Waals surface area contributed by atoms with Crippen molar-refractivity contribution in [3.05, 3.63) is 82.4 Å². The summed E-state index contributed by atoms with van der Waals surface area (Å²) < 4.78 is 4.79. The van der Waals surface area contributed by atoms with E-state index in [2.05, 4.69) is 72.9 Å². The third-order valence-corrected chi connectivity index (χ3v) is 13.2. The van der Waals surface area contributed by atoms with Gasteiger partial charge in [-0.1, -0.05) is 39.8 Å². The Morgan fingerprint density at radius 1 is 0.694 bits per heavy atom. The second-order valence-electron chi connectivity index (χ2n) is 17.9. The molecule has 16 nitrogen and oxygen atoms in total. The van der Waals surface area contributed by atoms with Crippen LogP contribution < -0.4 is 20.4 Å². The Labute approximate surface area is 360 Å². The molecule has 3 aromatic carbocycles.